The lowest BCUT2D eigenvalue weighted by Gasteiger charge is -2.09. The molecular formula is C23H24Cl2N2O6. The number of nitrogens with one attached hydrogen (secondary N) is 2. The summed E-state index contributed by atoms with van der Waals surface area (Å²) in [5.74, 6) is -2.15. The minimum Gasteiger partial charge on any atom is -0.462 e. The molecule has 33 heavy (non-hydrogen) atoms. The van der Waals surface area contributed by atoms with Crippen LogP contribution in [0.3, 0.4) is 0 Å². The maximum absolute atomic E-state index is 12.0. The van der Waals surface area contributed by atoms with Gasteiger partial charge in [-0.1, -0.05) is 36.5 Å². The van der Waals surface area contributed by atoms with E-state index in [1.54, 1.807) is 24.3 Å². The Morgan fingerprint density at radius 1 is 0.879 bits per heavy atom. The number of hydrogen-bond donors (Lipinski definition) is 2. The summed E-state index contributed by atoms with van der Waals surface area (Å²) >= 11 is 11.8. The molecule has 0 spiro atoms. The third-order valence-corrected chi connectivity index (χ3v) is 4.82. The van der Waals surface area contributed by atoms with Gasteiger partial charge in [0.15, 0.2) is 6.61 Å². The van der Waals surface area contributed by atoms with Gasteiger partial charge in [-0.25, -0.2) is 4.79 Å². The number of anilines is 2. The number of halogens is 2. The predicted molar refractivity (Wildman–Crippen MR) is 126 cm³/mol. The number of rotatable bonds is 11. The fraction of sp³-hybridized carbons (Fsp3) is 0.304. The molecular weight excluding hydrogens is 471 g/mol. The quantitative estimate of drug-likeness (QED) is 0.341. The highest BCUT2D eigenvalue weighted by molar-refractivity contribution is 6.35. The number of benzene rings is 2. The Bertz CT molecular complexity index is 995. The van der Waals surface area contributed by atoms with E-state index in [9.17, 15) is 19.2 Å². The van der Waals surface area contributed by atoms with Crippen LogP contribution in [0, 0.1) is 0 Å². The molecule has 176 valence electrons. The van der Waals surface area contributed by atoms with E-state index in [0.717, 1.165) is 12.8 Å². The molecule has 0 heterocycles. The molecule has 2 N–H and O–H groups in total. The van der Waals surface area contributed by atoms with Gasteiger partial charge in [0.2, 0.25) is 5.91 Å². The Hall–Kier alpha value is -3.10. The number of ether oxygens (including phenoxy) is 2. The summed E-state index contributed by atoms with van der Waals surface area (Å²) in [7, 11) is 0. The maximum Gasteiger partial charge on any atom is 0.338 e. The Kier molecular flexibility index (Phi) is 10.7. The number of unbranched alkanes of at least 4 members (excludes halogenated alkanes) is 1. The van der Waals surface area contributed by atoms with E-state index < -0.39 is 30.4 Å². The average Bonchev–Trinajstić information content (AvgIpc) is 2.79. The van der Waals surface area contributed by atoms with E-state index in [1.807, 2.05) is 6.92 Å². The van der Waals surface area contributed by atoms with E-state index in [1.165, 1.54) is 18.2 Å². The molecule has 0 aromatic heterocycles. The second kappa shape index (κ2) is 13.4. The third kappa shape index (κ3) is 9.51. The van der Waals surface area contributed by atoms with Gasteiger partial charge in [-0.3, -0.25) is 14.4 Å². The monoisotopic (exact) mass is 494 g/mol. The first-order chi connectivity index (χ1) is 15.8. The van der Waals surface area contributed by atoms with Gasteiger partial charge < -0.3 is 20.1 Å². The molecule has 10 heteroatoms. The van der Waals surface area contributed by atoms with Gasteiger partial charge in [0.05, 0.1) is 29.3 Å². The molecule has 0 aliphatic heterocycles. The molecule has 0 unspecified atom stereocenters. The molecule has 2 aromatic rings. The lowest BCUT2D eigenvalue weighted by molar-refractivity contribution is -0.147. The van der Waals surface area contributed by atoms with Crippen LogP contribution >= 0.6 is 23.2 Å². The lowest BCUT2D eigenvalue weighted by atomic mass is 10.2. The van der Waals surface area contributed by atoms with Crippen LogP contribution in [-0.4, -0.2) is 37.0 Å². The van der Waals surface area contributed by atoms with Gasteiger partial charge >= 0.3 is 11.9 Å². The molecule has 2 aromatic carbocycles. The standard InChI is InChI=1S/C23H24Cl2N2O6/c1-2-3-12-32-23(31)15-4-7-17(8-5-15)26-21(29)14-33-22(30)11-10-20(28)27-19-13-16(24)6-9-18(19)25/h4-9,13H,2-3,10-12,14H2,1H3,(H,26,29)(H,27,28). The SMILES string of the molecule is CCCCOC(=O)c1ccc(NC(=O)COC(=O)CCC(=O)Nc2cc(Cl)ccc2Cl)cc1. The normalized spacial score (nSPS) is 10.3. The molecule has 8 nitrogen and oxygen atoms in total. The predicted octanol–water partition coefficient (Wildman–Crippen LogP) is 4.85. The molecule has 0 radical (unpaired) electrons. The van der Waals surface area contributed by atoms with Crippen molar-refractivity contribution in [3.63, 3.8) is 0 Å². The second-order valence-corrected chi connectivity index (χ2v) is 7.79. The van der Waals surface area contributed by atoms with Crippen molar-refractivity contribution >= 4 is 58.3 Å². The van der Waals surface area contributed by atoms with Gasteiger partial charge in [-0.15, -0.1) is 0 Å². The van der Waals surface area contributed by atoms with E-state index in [2.05, 4.69) is 10.6 Å². The molecule has 0 bridgehead atoms. The molecule has 2 rings (SSSR count). The summed E-state index contributed by atoms with van der Waals surface area (Å²) < 4.78 is 10.00. The Balaban J connectivity index is 1.70. The highest BCUT2D eigenvalue weighted by Crippen LogP contribution is 2.25. The molecule has 0 atom stereocenters. The first-order valence-corrected chi connectivity index (χ1v) is 11.0. The number of carbonyl (C=O) groups excluding carboxylic acids is 4. The van der Waals surface area contributed by atoms with Crippen LogP contribution in [0.25, 0.3) is 0 Å². The van der Waals surface area contributed by atoms with E-state index in [-0.39, 0.29) is 12.8 Å². The zero-order chi connectivity index (χ0) is 24.2. The number of carbonyl (C=O) groups is 4. The zero-order valence-electron chi connectivity index (χ0n) is 18.0. The fourth-order valence-corrected chi connectivity index (χ4v) is 2.86. The summed E-state index contributed by atoms with van der Waals surface area (Å²) in [6.07, 6.45) is 1.35. The summed E-state index contributed by atoms with van der Waals surface area (Å²) in [6, 6.07) is 10.8. The highest BCUT2D eigenvalue weighted by Gasteiger charge is 2.13. The topological polar surface area (TPSA) is 111 Å². The van der Waals surface area contributed by atoms with Gasteiger partial charge in [0.1, 0.15) is 0 Å². The second-order valence-electron chi connectivity index (χ2n) is 6.95. The number of hydrogen-bond acceptors (Lipinski definition) is 6. The molecule has 0 fully saturated rings. The molecule has 0 aliphatic carbocycles. The number of amides is 2. The van der Waals surface area contributed by atoms with Gasteiger partial charge in [-0.2, -0.15) is 0 Å². The van der Waals surface area contributed by atoms with Gasteiger partial charge in [-0.05, 0) is 48.9 Å². The molecule has 0 saturated carbocycles. The van der Waals surface area contributed by atoms with Crippen LogP contribution in [0.1, 0.15) is 43.0 Å². The average molecular weight is 495 g/mol. The maximum atomic E-state index is 12.0. The molecule has 0 saturated heterocycles. The van der Waals surface area contributed by atoms with Crippen molar-refractivity contribution in [1.82, 2.24) is 0 Å². The van der Waals surface area contributed by atoms with Crippen LogP contribution in [0.5, 0.6) is 0 Å². The summed E-state index contributed by atoms with van der Waals surface area (Å²) in [5.41, 5.74) is 1.13. The van der Waals surface area contributed by atoms with Crippen LogP contribution < -0.4 is 10.6 Å². The number of esters is 2. The van der Waals surface area contributed by atoms with Crippen molar-refractivity contribution in [1.29, 1.82) is 0 Å². The minimum atomic E-state index is -0.706. The van der Waals surface area contributed by atoms with E-state index in [0.29, 0.717) is 33.6 Å². The first-order valence-electron chi connectivity index (χ1n) is 10.3. The van der Waals surface area contributed by atoms with Crippen molar-refractivity contribution < 1.29 is 28.7 Å². The van der Waals surface area contributed by atoms with Crippen molar-refractivity contribution in [2.24, 2.45) is 0 Å². The largest absolute Gasteiger partial charge is 0.462 e. The smallest absolute Gasteiger partial charge is 0.338 e. The lowest BCUT2D eigenvalue weighted by Crippen LogP contribution is -2.22. The van der Waals surface area contributed by atoms with Crippen molar-refractivity contribution in [2.75, 3.05) is 23.8 Å². The molecule has 2 amide bonds. The minimum absolute atomic E-state index is 0.154. The van der Waals surface area contributed by atoms with Crippen LogP contribution in [-0.2, 0) is 23.9 Å². The van der Waals surface area contributed by atoms with Gasteiger partial charge in [0, 0.05) is 17.1 Å². The van der Waals surface area contributed by atoms with E-state index >= 15 is 0 Å². The Morgan fingerprint density at radius 3 is 2.30 bits per heavy atom. The Labute approximate surface area is 201 Å². The summed E-state index contributed by atoms with van der Waals surface area (Å²) in [6.45, 7) is 1.84. The van der Waals surface area contributed by atoms with Crippen LogP contribution in [0.2, 0.25) is 10.0 Å². The van der Waals surface area contributed by atoms with E-state index in [4.69, 9.17) is 32.7 Å². The summed E-state index contributed by atoms with van der Waals surface area (Å²) in [4.78, 5) is 47.6. The van der Waals surface area contributed by atoms with Gasteiger partial charge in [0.25, 0.3) is 5.91 Å². The first kappa shape index (κ1) is 26.2. The summed E-state index contributed by atoms with van der Waals surface area (Å²) in [5, 5.41) is 5.82. The Morgan fingerprint density at radius 2 is 1.61 bits per heavy atom. The fourth-order valence-electron chi connectivity index (χ4n) is 2.52. The van der Waals surface area contributed by atoms with Crippen LogP contribution in [0.15, 0.2) is 42.5 Å². The third-order valence-electron chi connectivity index (χ3n) is 4.26. The van der Waals surface area contributed by atoms with Crippen molar-refractivity contribution in [2.45, 2.75) is 32.6 Å². The highest BCUT2D eigenvalue weighted by atomic mass is 35.5. The molecule has 0 aliphatic rings. The van der Waals surface area contributed by atoms with Crippen molar-refractivity contribution in [3.8, 4) is 0 Å². The van der Waals surface area contributed by atoms with Crippen LogP contribution in [0.4, 0.5) is 11.4 Å². The van der Waals surface area contributed by atoms with Crippen molar-refractivity contribution in [3.05, 3.63) is 58.1 Å². The zero-order valence-corrected chi connectivity index (χ0v) is 19.5.